The SMILES string of the molecule is Cc1ccc(-c2nn(CCC(=O)Nc3ccc(Cl)c(Cl)c3)c(=O)c3ccccc23)cc1. The van der Waals surface area contributed by atoms with Gasteiger partial charge in [-0.2, -0.15) is 5.10 Å². The molecule has 4 aromatic rings. The molecule has 0 aliphatic rings. The maximum Gasteiger partial charge on any atom is 0.274 e. The van der Waals surface area contributed by atoms with Gasteiger partial charge in [-0.25, -0.2) is 4.68 Å². The molecule has 0 aliphatic heterocycles. The number of anilines is 1. The van der Waals surface area contributed by atoms with Gasteiger partial charge in [0.05, 0.1) is 27.7 Å². The fourth-order valence-corrected chi connectivity index (χ4v) is 3.61. The summed E-state index contributed by atoms with van der Waals surface area (Å²) in [4.78, 5) is 25.4. The molecular weight excluding hydrogens is 433 g/mol. The highest BCUT2D eigenvalue weighted by atomic mass is 35.5. The van der Waals surface area contributed by atoms with Gasteiger partial charge in [-0.1, -0.05) is 71.2 Å². The van der Waals surface area contributed by atoms with E-state index in [1.165, 1.54) is 4.68 Å². The lowest BCUT2D eigenvalue weighted by Gasteiger charge is -2.12. The van der Waals surface area contributed by atoms with E-state index >= 15 is 0 Å². The van der Waals surface area contributed by atoms with Gasteiger partial charge in [0.25, 0.3) is 5.56 Å². The molecule has 1 aromatic heterocycles. The lowest BCUT2D eigenvalue weighted by molar-refractivity contribution is -0.116. The zero-order chi connectivity index (χ0) is 22.0. The molecule has 31 heavy (non-hydrogen) atoms. The number of benzene rings is 3. The van der Waals surface area contributed by atoms with E-state index in [0.717, 1.165) is 16.5 Å². The zero-order valence-corrected chi connectivity index (χ0v) is 18.2. The van der Waals surface area contributed by atoms with Gasteiger partial charge in [-0.15, -0.1) is 0 Å². The van der Waals surface area contributed by atoms with Gasteiger partial charge in [0.2, 0.25) is 5.91 Å². The molecule has 1 heterocycles. The second-order valence-electron chi connectivity index (χ2n) is 7.22. The summed E-state index contributed by atoms with van der Waals surface area (Å²) in [6.45, 7) is 2.17. The van der Waals surface area contributed by atoms with Crippen LogP contribution in [0.4, 0.5) is 5.69 Å². The lowest BCUT2D eigenvalue weighted by atomic mass is 10.0. The second kappa shape index (κ2) is 8.92. The summed E-state index contributed by atoms with van der Waals surface area (Å²) in [6.07, 6.45) is 0.0822. The molecule has 7 heteroatoms. The van der Waals surface area contributed by atoms with Crippen LogP contribution in [0.3, 0.4) is 0 Å². The van der Waals surface area contributed by atoms with Crippen molar-refractivity contribution >= 4 is 45.6 Å². The summed E-state index contributed by atoms with van der Waals surface area (Å²) in [5, 5.41) is 9.48. The van der Waals surface area contributed by atoms with E-state index in [-0.39, 0.29) is 24.4 Å². The van der Waals surface area contributed by atoms with E-state index in [4.69, 9.17) is 23.2 Å². The number of carbonyl (C=O) groups excluding carboxylic acids is 1. The molecule has 156 valence electrons. The third kappa shape index (κ3) is 4.63. The predicted octanol–water partition coefficient (Wildman–Crippen LogP) is 5.71. The molecule has 3 aromatic carbocycles. The van der Waals surface area contributed by atoms with Gasteiger partial charge < -0.3 is 5.32 Å². The van der Waals surface area contributed by atoms with Crippen molar-refractivity contribution in [3.63, 3.8) is 0 Å². The third-order valence-electron chi connectivity index (χ3n) is 4.95. The van der Waals surface area contributed by atoms with Crippen molar-refractivity contribution in [2.45, 2.75) is 19.9 Å². The highest BCUT2D eigenvalue weighted by Gasteiger charge is 2.13. The van der Waals surface area contributed by atoms with Gasteiger partial charge in [-0.3, -0.25) is 9.59 Å². The summed E-state index contributed by atoms with van der Waals surface area (Å²) in [5.74, 6) is -0.253. The number of aryl methyl sites for hydroxylation is 2. The summed E-state index contributed by atoms with van der Waals surface area (Å²) in [5.41, 5.74) is 3.07. The highest BCUT2D eigenvalue weighted by molar-refractivity contribution is 6.42. The molecule has 0 fully saturated rings. The number of hydrogen-bond donors (Lipinski definition) is 1. The van der Waals surface area contributed by atoms with E-state index in [2.05, 4.69) is 10.4 Å². The fourth-order valence-electron chi connectivity index (χ4n) is 3.32. The molecular formula is C24H19Cl2N3O2. The Morgan fingerprint density at radius 2 is 1.68 bits per heavy atom. The van der Waals surface area contributed by atoms with Crippen LogP contribution in [-0.4, -0.2) is 15.7 Å². The number of aromatic nitrogens is 2. The van der Waals surface area contributed by atoms with Crippen molar-refractivity contribution in [1.82, 2.24) is 9.78 Å². The number of carbonyl (C=O) groups is 1. The van der Waals surface area contributed by atoms with Gasteiger partial charge in [0, 0.05) is 23.1 Å². The van der Waals surface area contributed by atoms with Crippen LogP contribution in [0.2, 0.25) is 10.0 Å². The van der Waals surface area contributed by atoms with Gasteiger partial charge in [0.15, 0.2) is 0 Å². The zero-order valence-electron chi connectivity index (χ0n) is 16.7. The summed E-state index contributed by atoms with van der Waals surface area (Å²) in [7, 11) is 0. The number of rotatable bonds is 5. The van der Waals surface area contributed by atoms with E-state index in [1.807, 2.05) is 49.4 Å². The number of nitrogens with zero attached hydrogens (tertiary/aromatic N) is 2. The van der Waals surface area contributed by atoms with Crippen molar-refractivity contribution in [3.05, 3.63) is 92.7 Å². The largest absolute Gasteiger partial charge is 0.326 e. The van der Waals surface area contributed by atoms with Crippen LogP contribution in [0, 0.1) is 6.92 Å². The van der Waals surface area contributed by atoms with E-state index in [9.17, 15) is 9.59 Å². The van der Waals surface area contributed by atoms with Crippen LogP contribution in [0.15, 0.2) is 71.5 Å². The second-order valence-corrected chi connectivity index (χ2v) is 8.03. The van der Waals surface area contributed by atoms with Crippen LogP contribution >= 0.6 is 23.2 Å². The Bertz CT molecular complexity index is 1330. The first-order valence-electron chi connectivity index (χ1n) is 9.74. The van der Waals surface area contributed by atoms with Crippen molar-refractivity contribution in [3.8, 4) is 11.3 Å². The van der Waals surface area contributed by atoms with E-state index in [1.54, 1.807) is 24.3 Å². The predicted molar refractivity (Wildman–Crippen MR) is 126 cm³/mol. The molecule has 0 unspecified atom stereocenters. The quantitative estimate of drug-likeness (QED) is 0.422. The topological polar surface area (TPSA) is 64.0 Å². The van der Waals surface area contributed by atoms with Gasteiger partial charge in [-0.05, 0) is 31.2 Å². The maximum absolute atomic E-state index is 13.0. The molecule has 0 saturated carbocycles. The van der Waals surface area contributed by atoms with Crippen molar-refractivity contribution in [1.29, 1.82) is 0 Å². The molecule has 0 spiro atoms. The van der Waals surface area contributed by atoms with Crippen molar-refractivity contribution in [2.75, 3.05) is 5.32 Å². The van der Waals surface area contributed by atoms with E-state index in [0.29, 0.717) is 26.8 Å². The monoisotopic (exact) mass is 451 g/mol. The molecule has 5 nitrogen and oxygen atoms in total. The Morgan fingerprint density at radius 3 is 2.39 bits per heavy atom. The van der Waals surface area contributed by atoms with Crippen LogP contribution in [0.25, 0.3) is 22.0 Å². The number of hydrogen-bond acceptors (Lipinski definition) is 3. The maximum atomic E-state index is 13.0. The standard InChI is InChI=1S/C24H19Cl2N3O2/c1-15-6-8-16(9-7-15)23-18-4-2-3-5-19(18)24(31)29(28-23)13-12-22(30)27-17-10-11-20(25)21(26)14-17/h2-11,14H,12-13H2,1H3,(H,27,30). The van der Waals surface area contributed by atoms with Gasteiger partial charge >= 0.3 is 0 Å². The van der Waals surface area contributed by atoms with Crippen LogP contribution in [0.5, 0.6) is 0 Å². The van der Waals surface area contributed by atoms with Crippen molar-refractivity contribution < 1.29 is 4.79 Å². The third-order valence-corrected chi connectivity index (χ3v) is 5.69. The Balaban J connectivity index is 1.62. The fraction of sp³-hybridized carbons (Fsp3) is 0.125. The molecule has 0 radical (unpaired) electrons. The number of nitrogens with one attached hydrogen (secondary N) is 1. The number of fused-ring (bicyclic) bond motifs is 1. The summed E-state index contributed by atoms with van der Waals surface area (Å²) in [6, 6.07) is 20.2. The summed E-state index contributed by atoms with van der Waals surface area (Å²) >= 11 is 11.9. The Morgan fingerprint density at radius 1 is 0.968 bits per heavy atom. The highest BCUT2D eigenvalue weighted by Crippen LogP contribution is 2.26. The van der Waals surface area contributed by atoms with Gasteiger partial charge in [0.1, 0.15) is 0 Å². The average Bonchev–Trinajstić information content (AvgIpc) is 2.77. The number of halogens is 2. The van der Waals surface area contributed by atoms with Crippen LogP contribution in [-0.2, 0) is 11.3 Å². The molecule has 0 atom stereocenters. The number of amides is 1. The Hall–Kier alpha value is -3.15. The molecule has 1 amide bonds. The normalized spacial score (nSPS) is 10.9. The smallest absolute Gasteiger partial charge is 0.274 e. The Kier molecular flexibility index (Phi) is 6.07. The molecule has 0 saturated heterocycles. The molecule has 0 bridgehead atoms. The minimum Gasteiger partial charge on any atom is -0.326 e. The van der Waals surface area contributed by atoms with Crippen molar-refractivity contribution in [2.24, 2.45) is 0 Å². The molecule has 4 rings (SSSR count). The molecule has 1 N–H and O–H groups in total. The molecule has 0 aliphatic carbocycles. The minimum atomic E-state index is -0.253. The van der Waals surface area contributed by atoms with Crippen LogP contribution in [0.1, 0.15) is 12.0 Å². The Labute approximate surface area is 189 Å². The first-order chi connectivity index (χ1) is 14.9. The minimum absolute atomic E-state index is 0.0822. The first-order valence-corrected chi connectivity index (χ1v) is 10.5. The lowest BCUT2D eigenvalue weighted by Crippen LogP contribution is -2.26. The first kappa shape index (κ1) is 21.1. The van der Waals surface area contributed by atoms with Crippen LogP contribution < -0.4 is 10.9 Å². The average molecular weight is 452 g/mol. The summed E-state index contributed by atoms with van der Waals surface area (Å²) < 4.78 is 1.35. The van der Waals surface area contributed by atoms with E-state index < -0.39 is 0 Å².